The number of anilines is 1. The summed E-state index contributed by atoms with van der Waals surface area (Å²) in [6, 6.07) is 15.3. The Hall–Kier alpha value is -2.79. The first-order valence-electron chi connectivity index (χ1n) is 9.48. The zero-order valence-corrected chi connectivity index (χ0v) is 16.2. The molecule has 1 aliphatic heterocycles. The number of aromatic hydroxyl groups is 1. The van der Waals surface area contributed by atoms with E-state index >= 15 is 0 Å². The highest BCUT2D eigenvalue weighted by Crippen LogP contribution is 2.41. The third-order valence-electron chi connectivity index (χ3n) is 5.64. The number of rotatable bonds is 2. The average Bonchev–Trinajstić information content (AvgIpc) is 3.29. The van der Waals surface area contributed by atoms with Crippen molar-refractivity contribution in [1.82, 2.24) is 9.97 Å². The van der Waals surface area contributed by atoms with Crippen molar-refractivity contribution in [2.24, 2.45) is 0 Å². The number of imidazole rings is 1. The van der Waals surface area contributed by atoms with Crippen molar-refractivity contribution in [2.45, 2.75) is 31.6 Å². The number of halogens is 1. The number of benzene rings is 2. The minimum atomic E-state index is -0.0838. The van der Waals surface area contributed by atoms with Crippen LogP contribution in [0.2, 0.25) is 0 Å². The summed E-state index contributed by atoms with van der Waals surface area (Å²) in [5, 5.41) is 9.87. The Kier molecular flexibility index (Phi) is 4.85. The van der Waals surface area contributed by atoms with E-state index in [1.165, 1.54) is 0 Å². The number of aromatic nitrogens is 2. The number of H-pyrrole nitrogens is 1. The standard InChI is InChI=1S/C22H21N3O2.ClH/c26-15-7-5-6-14(12-15)17-13-25(20-11-4-1-8-16(17)20)22(27)21-23-18-9-2-3-10-19(18)24-21;/h1,4-8,11-12,17,26H,2-3,9-10,13H2,(H,23,24);1H. The molecule has 0 saturated heterocycles. The van der Waals surface area contributed by atoms with E-state index in [0.717, 1.165) is 53.9 Å². The van der Waals surface area contributed by atoms with Gasteiger partial charge in [-0.1, -0.05) is 30.3 Å². The number of carbonyl (C=O) groups is 1. The average molecular weight is 396 g/mol. The fraction of sp³-hybridized carbons (Fsp3) is 0.273. The molecule has 1 aliphatic carbocycles. The fourth-order valence-corrected chi connectivity index (χ4v) is 4.31. The molecule has 5 rings (SSSR count). The topological polar surface area (TPSA) is 69.2 Å². The van der Waals surface area contributed by atoms with E-state index in [-0.39, 0.29) is 30.0 Å². The lowest BCUT2D eigenvalue weighted by atomic mass is 9.93. The molecule has 0 saturated carbocycles. The minimum absolute atomic E-state index is 0. The number of amides is 1. The molecular formula is C22H22ClN3O2. The highest BCUT2D eigenvalue weighted by molar-refractivity contribution is 6.05. The minimum Gasteiger partial charge on any atom is -0.508 e. The molecule has 144 valence electrons. The second-order valence-corrected chi connectivity index (χ2v) is 7.34. The molecule has 1 aromatic heterocycles. The Morgan fingerprint density at radius 2 is 1.93 bits per heavy atom. The SMILES string of the molecule is Cl.O=C(c1nc2c([nH]1)CCCC2)N1CC(c2cccc(O)c2)c2ccccc21. The van der Waals surface area contributed by atoms with E-state index in [4.69, 9.17) is 0 Å². The largest absolute Gasteiger partial charge is 0.508 e. The first-order chi connectivity index (χ1) is 13.2. The fourth-order valence-electron chi connectivity index (χ4n) is 4.31. The van der Waals surface area contributed by atoms with Crippen LogP contribution in [0.15, 0.2) is 48.5 Å². The summed E-state index contributed by atoms with van der Waals surface area (Å²) in [6.07, 6.45) is 4.20. The second-order valence-electron chi connectivity index (χ2n) is 7.34. The van der Waals surface area contributed by atoms with Crippen LogP contribution in [0.25, 0.3) is 0 Å². The number of nitrogens with zero attached hydrogens (tertiary/aromatic N) is 2. The number of phenolic OH excluding ortho intramolecular Hbond substituents is 1. The monoisotopic (exact) mass is 395 g/mol. The van der Waals surface area contributed by atoms with Crippen molar-refractivity contribution in [3.63, 3.8) is 0 Å². The van der Waals surface area contributed by atoms with Crippen LogP contribution in [0.3, 0.4) is 0 Å². The van der Waals surface area contributed by atoms with Crippen molar-refractivity contribution in [1.29, 1.82) is 0 Å². The van der Waals surface area contributed by atoms with E-state index < -0.39 is 0 Å². The van der Waals surface area contributed by atoms with Crippen LogP contribution in [0, 0.1) is 0 Å². The van der Waals surface area contributed by atoms with E-state index in [1.54, 1.807) is 12.1 Å². The number of hydrogen-bond donors (Lipinski definition) is 2. The number of para-hydroxylation sites is 1. The van der Waals surface area contributed by atoms with Gasteiger partial charge in [0.2, 0.25) is 0 Å². The second kappa shape index (κ2) is 7.32. The van der Waals surface area contributed by atoms with Crippen LogP contribution in [-0.2, 0) is 12.8 Å². The predicted molar refractivity (Wildman–Crippen MR) is 111 cm³/mol. The smallest absolute Gasteiger partial charge is 0.294 e. The van der Waals surface area contributed by atoms with Crippen molar-refractivity contribution in [3.8, 4) is 5.75 Å². The predicted octanol–water partition coefficient (Wildman–Crippen LogP) is 4.21. The third kappa shape index (κ3) is 3.06. The number of phenols is 1. The molecule has 5 nitrogen and oxygen atoms in total. The summed E-state index contributed by atoms with van der Waals surface area (Å²) in [5.41, 5.74) is 5.19. The van der Waals surface area contributed by atoms with Crippen molar-refractivity contribution in [3.05, 3.63) is 76.9 Å². The number of carbonyl (C=O) groups excluding carboxylic acids is 1. The van der Waals surface area contributed by atoms with E-state index in [9.17, 15) is 9.90 Å². The summed E-state index contributed by atoms with van der Waals surface area (Å²) < 4.78 is 0. The van der Waals surface area contributed by atoms with Crippen LogP contribution in [0.1, 0.15) is 51.9 Å². The molecule has 0 radical (unpaired) electrons. The van der Waals surface area contributed by atoms with Gasteiger partial charge in [-0.3, -0.25) is 4.79 Å². The summed E-state index contributed by atoms with van der Waals surface area (Å²) >= 11 is 0. The molecule has 1 atom stereocenters. The Labute approximate surface area is 169 Å². The molecule has 2 aromatic carbocycles. The number of nitrogens with one attached hydrogen (secondary N) is 1. The first kappa shape index (κ1) is 18.6. The Bertz CT molecular complexity index is 1010. The van der Waals surface area contributed by atoms with Crippen molar-refractivity contribution in [2.75, 3.05) is 11.4 Å². The molecule has 3 aromatic rings. The van der Waals surface area contributed by atoms with Crippen LogP contribution in [0.5, 0.6) is 5.75 Å². The van der Waals surface area contributed by atoms with E-state index in [1.807, 2.05) is 35.2 Å². The molecular weight excluding hydrogens is 374 g/mol. The Balaban J connectivity index is 0.00000192. The summed E-state index contributed by atoms with van der Waals surface area (Å²) in [7, 11) is 0. The highest BCUT2D eigenvalue weighted by atomic mass is 35.5. The lowest BCUT2D eigenvalue weighted by Gasteiger charge is -2.16. The van der Waals surface area contributed by atoms with E-state index in [2.05, 4.69) is 16.0 Å². The zero-order chi connectivity index (χ0) is 18.4. The number of aryl methyl sites for hydroxylation is 2. The Morgan fingerprint density at radius 1 is 1.11 bits per heavy atom. The molecule has 0 bridgehead atoms. The maximum Gasteiger partial charge on any atom is 0.294 e. The van der Waals surface area contributed by atoms with Crippen LogP contribution in [0.4, 0.5) is 5.69 Å². The van der Waals surface area contributed by atoms with Crippen LogP contribution in [-0.4, -0.2) is 27.5 Å². The number of fused-ring (bicyclic) bond motifs is 2. The molecule has 2 aliphatic rings. The third-order valence-corrected chi connectivity index (χ3v) is 5.64. The van der Waals surface area contributed by atoms with Gasteiger partial charge in [-0.25, -0.2) is 4.98 Å². The lowest BCUT2D eigenvalue weighted by molar-refractivity contribution is 0.0979. The molecule has 0 spiro atoms. The normalized spacial score (nSPS) is 17.6. The summed E-state index contributed by atoms with van der Waals surface area (Å²) in [5.74, 6) is 0.642. The van der Waals surface area contributed by atoms with Crippen molar-refractivity contribution < 1.29 is 9.90 Å². The molecule has 1 amide bonds. The molecule has 0 fully saturated rings. The van der Waals surface area contributed by atoms with Crippen molar-refractivity contribution >= 4 is 24.0 Å². The first-order valence-corrected chi connectivity index (χ1v) is 9.48. The molecule has 28 heavy (non-hydrogen) atoms. The van der Waals surface area contributed by atoms with Crippen LogP contribution >= 0.6 is 12.4 Å². The lowest BCUT2D eigenvalue weighted by Crippen LogP contribution is -2.31. The van der Waals surface area contributed by atoms with Gasteiger partial charge >= 0.3 is 0 Å². The van der Waals surface area contributed by atoms with Crippen LogP contribution < -0.4 is 4.90 Å². The maximum atomic E-state index is 13.3. The molecule has 6 heteroatoms. The zero-order valence-electron chi connectivity index (χ0n) is 15.4. The maximum absolute atomic E-state index is 13.3. The van der Waals surface area contributed by atoms with E-state index in [0.29, 0.717) is 12.4 Å². The van der Waals surface area contributed by atoms with Gasteiger partial charge in [0, 0.05) is 23.8 Å². The van der Waals surface area contributed by atoms with Gasteiger partial charge in [-0.2, -0.15) is 0 Å². The number of aromatic amines is 1. The van der Waals surface area contributed by atoms with Gasteiger partial charge in [0.1, 0.15) is 5.75 Å². The molecule has 2 heterocycles. The molecule has 1 unspecified atom stereocenters. The summed E-state index contributed by atoms with van der Waals surface area (Å²) in [4.78, 5) is 22.9. The van der Waals surface area contributed by atoms with Gasteiger partial charge in [0.15, 0.2) is 5.82 Å². The number of hydrogen-bond acceptors (Lipinski definition) is 3. The summed E-state index contributed by atoms with van der Waals surface area (Å²) in [6.45, 7) is 0.549. The van der Waals surface area contributed by atoms with Gasteiger partial charge in [0.25, 0.3) is 5.91 Å². The van der Waals surface area contributed by atoms with Gasteiger partial charge in [-0.05, 0) is 55.0 Å². The quantitative estimate of drug-likeness (QED) is 0.683. The van der Waals surface area contributed by atoms with Gasteiger partial charge < -0.3 is 15.0 Å². The highest BCUT2D eigenvalue weighted by Gasteiger charge is 2.35. The van der Waals surface area contributed by atoms with Gasteiger partial charge in [0.05, 0.1) is 5.69 Å². The molecule has 2 N–H and O–H groups in total. The Morgan fingerprint density at radius 3 is 2.75 bits per heavy atom. The van der Waals surface area contributed by atoms with Gasteiger partial charge in [-0.15, -0.1) is 12.4 Å².